The van der Waals surface area contributed by atoms with Crippen LogP contribution in [0.25, 0.3) is 0 Å². The van der Waals surface area contributed by atoms with Crippen LogP contribution in [0.3, 0.4) is 0 Å². The number of hydrogen-bond acceptors (Lipinski definition) is 7. The number of esters is 2. The number of thioether (sulfide) groups is 2. The van der Waals surface area contributed by atoms with Gasteiger partial charge in [0.15, 0.2) is 0 Å². The molecular formula is C25H22O5S2. The molecule has 7 heteroatoms. The first-order valence-electron chi connectivity index (χ1n) is 10.1. The summed E-state index contributed by atoms with van der Waals surface area (Å²) in [4.78, 5) is 24.7. The summed E-state index contributed by atoms with van der Waals surface area (Å²) < 4.78 is 16.8. The van der Waals surface area contributed by atoms with E-state index < -0.39 is 11.9 Å². The van der Waals surface area contributed by atoms with Crippen molar-refractivity contribution in [2.45, 2.75) is 11.0 Å². The zero-order valence-electron chi connectivity index (χ0n) is 17.5. The topological polar surface area (TPSA) is 61.8 Å². The van der Waals surface area contributed by atoms with Gasteiger partial charge in [-0.05, 0) is 59.9 Å². The molecule has 0 amide bonds. The number of hydrogen-bond donors (Lipinski definition) is 0. The molecule has 0 saturated carbocycles. The van der Waals surface area contributed by atoms with Gasteiger partial charge in [0.1, 0.15) is 22.8 Å². The lowest BCUT2D eigenvalue weighted by Gasteiger charge is -2.22. The van der Waals surface area contributed by atoms with E-state index in [1.165, 1.54) is 13.5 Å². The minimum absolute atomic E-state index is 0.220. The monoisotopic (exact) mass is 466 g/mol. The van der Waals surface area contributed by atoms with E-state index >= 15 is 0 Å². The second-order valence-corrected chi connectivity index (χ2v) is 9.73. The molecule has 3 aromatic carbocycles. The normalized spacial score (nSPS) is 13.9. The molecule has 0 bridgehead atoms. The highest BCUT2D eigenvalue weighted by Gasteiger charge is 2.21. The highest BCUT2D eigenvalue weighted by Crippen LogP contribution is 2.46. The molecule has 5 nitrogen and oxygen atoms in total. The molecule has 0 aliphatic carbocycles. The van der Waals surface area contributed by atoms with E-state index in [1.807, 2.05) is 41.7 Å². The zero-order valence-corrected chi connectivity index (χ0v) is 19.1. The van der Waals surface area contributed by atoms with E-state index in [1.54, 1.807) is 54.6 Å². The molecule has 1 fully saturated rings. The Bertz CT molecular complexity index is 1090. The standard InChI is InChI=1S/C25H22O5S2/c1-28-24(27)21-10-5-6-11-22(21)29-19-14-18(25-31-12-7-13-32-25)15-20(16-19)30-23(26)17-8-3-2-4-9-17/h2-6,8-11,14-16,25H,7,12-13H2,1H3. The number of ether oxygens (including phenoxy) is 3. The van der Waals surface area contributed by atoms with Gasteiger partial charge in [0.05, 0.1) is 17.3 Å². The Balaban J connectivity index is 1.66. The molecule has 0 aromatic heterocycles. The Kier molecular flexibility index (Phi) is 7.39. The predicted molar refractivity (Wildman–Crippen MR) is 128 cm³/mol. The molecule has 4 rings (SSSR count). The Labute approximate surface area is 195 Å². The summed E-state index contributed by atoms with van der Waals surface area (Å²) in [5.74, 6) is 2.49. The molecule has 1 aliphatic heterocycles. The summed E-state index contributed by atoms with van der Waals surface area (Å²) in [5.41, 5.74) is 1.80. The fourth-order valence-corrected chi connectivity index (χ4v) is 6.08. The molecule has 1 aliphatic rings. The first kappa shape index (κ1) is 22.3. The Morgan fingerprint density at radius 3 is 2.28 bits per heavy atom. The maximum Gasteiger partial charge on any atom is 0.343 e. The third kappa shape index (κ3) is 5.47. The highest BCUT2D eigenvalue weighted by atomic mass is 32.2. The summed E-state index contributed by atoms with van der Waals surface area (Å²) in [5, 5.41) is 0. The summed E-state index contributed by atoms with van der Waals surface area (Å²) >= 11 is 3.72. The summed E-state index contributed by atoms with van der Waals surface area (Å²) in [6, 6.07) is 21.2. The van der Waals surface area contributed by atoms with Crippen molar-refractivity contribution in [3.63, 3.8) is 0 Å². The van der Waals surface area contributed by atoms with Gasteiger partial charge in [-0.1, -0.05) is 30.3 Å². The van der Waals surface area contributed by atoms with E-state index in [4.69, 9.17) is 14.2 Å². The van der Waals surface area contributed by atoms with Gasteiger partial charge >= 0.3 is 11.9 Å². The highest BCUT2D eigenvalue weighted by molar-refractivity contribution is 8.16. The van der Waals surface area contributed by atoms with Crippen molar-refractivity contribution in [2.24, 2.45) is 0 Å². The number of carbonyl (C=O) groups is 2. The van der Waals surface area contributed by atoms with Crippen LogP contribution in [0, 0.1) is 0 Å². The van der Waals surface area contributed by atoms with Gasteiger partial charge in [-0.2, -0.15) is 0 Å². The molecule has 0 unspecified atom stereocenters. The third-order valence-corrected chi connectivity index (χ3v) is 7.76. The molecule has 32 heavy (non-hydrogen) atoms. The SMILES string of the molecule is COC(=O)c1ccccc1Oc1cc(OC(=O)c2ccccc2)cc(C2SCCCS2)c1. The lowest BCUT2D eigenvalue weighted by Crippen LogP contribution is -2.09. The molecule has 0 atom stereocenters. The van der Waals surface area contributed by atoms with Crippen molar-refractivity contribution in [1.82, 2.24) is 0 Å². The smallest absolute Gasteiger partial charge is 0.343 e. The molecule has 3 aromatic rings. The summed E-state index contributed by atoms with van der Waals surface area (Å²) in [6.45, 7) is 0. The maximum absolute atomic E-state index is 12.6. The molecular weight excluding hydrogens is 444 g/mol. The number of methoxy groups -OCH3 is 1. The predicted octanol–water partition coefficient (Wildman–Crippen LogP) is 6.35. The zero-order chi connectivity index (χ0) is 22.3. The van der Waals surface area contributed by atoms with Gasteiger partial charge in [0, 0.05) is 6.07 Å². The van der Waals surface area contributed by atoms with Crippen molar-refractivity contribution >= 4 is 35.5 Å². The van der Waals surface area contributed by atoms with Crippen molar-refractivity contribution in [3.05, 3.63) is 89.5 Å². The van der Waals surface area contributed by atoms with Crippen LogP contribution < -0.4 is 9.47 Å². The van der Waals surface area contributed by atoms with Crippen LogP contribution in [-0.4, -0.2) is 30.6 Å². The average molecular weight is 467 g/mol. The van der Waals surface area contributed by atoms with Gasteiger partial charge in [-0.3, -0.25) is 0 Å². The van der Waals surface area contributed by atoms with Gasteiger partial charge in [0.2, 0.25) is 0 Å². The van der Waals surface area contributed by atoms with Crippen LogP contribution in [0.15, 0.2) is 72.8 Å². The molecule has 0 spiro atoms. The van der Waals surface area contributed by atoms with Gasteiger partial charge < -0.3 is 14.2 Å². The van der Waals surface area contributed by atoms with E-state index in [2.05, 4.69) is 0 Å². The fraction of sp³-hybridized carbons (Fsp3) is 0.200. The second kappa shape index (κ2) is 10.6. The Hall–Kier alpha value is -2.90. The van der Waals surface area contributed by atoms with Gasteiger partial charge in [0.25, 0.3) is 0 Å². The molecule has 0 radical (unpaired) electrons. The maximum atomic E-state index is 12.6. The molecule has 164 valence electrons. The van der Waals surface area contributed by atoms with E-state index in [0.29, 0.717) is 28.4 Å². The number of para-hydroxylation sites is 1. The van der Waals surface area contributed by atoms with E-state index in [0.717, 1.165) is 17.1 Å². The minimum atomic E-state index is -0.481. The van der Waals surface area contributed by atoms with E-state index in [9.17, 15) is 9.59 Å². The van der Waals surface area contributed by atoms with Crippen LogP contribution >= 0.6 is 23.5 Å². The van der Waals surface area contributed by atoms with Crippen molar-refractivity contribution < 1.29 is 23.8 Å². The lowest BCUT2D eigenvalue weighted by molar-refractivity contribution is 0.0597. The summed E-state index contributed by atoms with van der Waals surface area (Å²) in [7, 11) is 1.33. The number of carbonyl (C=O) groups excluding carboxylic acids is 2. The van der Waals surface area contributed by atoms with Crippen LogP contribution in [0.2, 0.25) is 0 Å². The fourth-order valence-electron chi connectivity index (χ4n) is 3.23. The first-order chi connectivity index (χ1) is 15.6. The van der Waals surface area contributed by atoms with Crippen LogP contribution in [0.1, 0.15) is 37.3 Å². The van der Waals surface area contributed by atoms with Crippen molar-refractivity contribution in [2.75, 3.05) is 18.6 Å². The Morgan fingerprint density at radius 2 is 1.53 bits per heavy atom. The van der Waals surface area contributed by atoms with Gasteiger partial charge in [-0.25, -0.2) is 9.59 Å². The minimum Gasteiger partial charge on any atom is -0.465 e. The molecule has 1 saturated heterocycles. The van der Waals surface area contributed by atoms with Crippen molar-refractivity contribution in [3.8, 4) is 17.2 Å². The number of benzene rings is 3. The molecule has 0 N–H and O–H groups in total. The third-order valence-electron chi connectivity index (χ3n) is 4.74. The number of rotatable bonds is 6. The Morgan fingerprint density at radius 1 is 0.844 bits per heavy atom. The van der Waals surface area contributed by atoms with Crippen LogP contribution in [-0.2, 0) is 4.74 Å². The average Bonchev–Trinajstić information content (AvgIpc) is 2.85. The molecule has 1 heterocycles. The first-order valence-corrected chi connectivity index (χ1v) is 12.2. The lowest BCUT2D eigenvalue weighted by atomic mass is 10.2. The summed E-state index contributed by atoms with van der Waals surface area (Å²) in [6.07, 6.45) is 1.17. The quantitative estimate of drug-likeness (QED) is 0.310. The van der Waals surface area contributed by atoms with Gasteiger partial charge in [-0.15, -0.1) is 23.5 Å². The van der Waals surface area contributed by atoms with Crippen LogP contribution in [0.5, 0.6) is 17.2 Å². The largest absolute Gasteiger partial charge is 0.465 e. The second-order valence-electron chi connectivity index (χ2n) is 7.01. The van der Waals surface area contributed by atoms with Crippen LogP contribution in [0.4, 0.5) is 0 Å². The van der Waals surface area contributed by atoms with E-state index in [-0.39, 0.29) is 4.58 Å². The van der Waals surface area contributed by atoms with Crippen molar-refractivity contribution in [1.29, 1.82) is 0 Å².